The Hall–Kier alpha value is -1.85. The molecule has 0 fully saturated rings. The van der Waals surface area contributed by atoms with Gasteiger partial charge >= 0.3 is 0 Å². The van der Waals surface area contributed by atoms with Crippen molar-refractivity contribution in [3.63, 3.8) is 0 Å². The van der Waals surface area contributed by atoms with Crippen LogP contribution >= 0.6 is 22.9 Å². The Balaban J connectivity index is 1.60. The normalized spacial score (nSPS) is 11.0. The number of hydrogen-bond donors (Lipinski definition) is 2. The van der Waals surface area contributed by atoms with E-state index < -0.39 is 0 Å². The predicted octanol–water partition coefficient (Wildman–Crippen LogP) is 3.56. The molecule has 2 N–H and O–H groups in total. The molecular formula is C15H14ClN3OS. The lowest BCUT2D eigenvalue weighted by atomic mass is 10.1. The predicted molar refractivity (Wildman–Crippen MR) is 86.2 cm³/mol. The second-order valence-electron chi connectivity index (χ2n) is 4.75. The molecule has 3 rings (SSSR count). The van der Waals surface area contributed by atoms with Crippen LogP contribution in [0.5, 0.6) is 0 Å². The molecule has 0 radical (unpaired) electrons. The first-order chi connectivity index (χ1) is 10.1. The van der Waals surface area contributed by atoms with Crippen molar-refractivity contribution in [2.24, 2.45) is 0 Å². The molecule has 2 heterocycles. The molecule has 0 spiro atoms. The standard InChI is InChI=1S/C15H14ClN3OS/c1-9-14(16)21-13(19-9)5-7-18-15(20)11-2-3-12-10(8-11)4-6-17-12/h2-4,6,8,17H,5,7H2,1H3,(H,18,20). The van der Waals surface area contributed by atoms with E-state index in [9.17, 15) is 4.79 Å². The summed E-state index contributed by atoms with van der Waals surface area (Å²) in [6.07, 6.45) is 2.55. The molecule has 2 aromatic heterocycles. The molecule has 0 aliphatic heterocycles. The molecule has 0 aliphatic rings. The van der Waals surface area contributed by atoms with Crippen molar-refractivity contribution in [3.8, 4) is 0 Å². The van der Waals surface area contributed by atoms with Gasteiger partial charge in [0, 0.05) is 35.6 Å². The summed E-state index contributed by atoms with van der Waals surface area (Å²) < 4.78 is 0.717. The minimum atomic E-state index is -0.0718. The summed E-state index contributed by atoms with van der Waals surface area (Å²) in [5, 5.41) is 4.88. The Morgan fingerprint density at radius 3 is 3.05 bits per heavy atom. The van der Waals surface area contributed by atoms with E-state index in [1.807, 2.05) is 37.4 Å². The van der Waals surface area contributed by atoms with Crippen LogP contribution in [0.3, 0.4) is 0 Å². The number of amides is 1. The van der Waals surface area contributed by atoms with Crippen molar-refractivity contribution in [2.45, 2.75) is 13.3 Å². The Morgan fingerprint density at radius 2 is 2.29 bits per heavy atom. The fourth-order valence-electron chi connectivity index (χ4n) is 2.12. The van der Waals surface area contributed by atoms with E-state index in [0.717, 1.165) is 21.6 Å². The van der Waals surface area contributed by atoms with Crippen molar-refractivity contribution < 1.29 is 4.79 Å². The van der Waals surface area contributed by atoms with Crippen LogP contribution in [0, 0.1) is 6.92 Å². The van der Waals surface area contributed by atoms with E-state index >= 15 is 0 Å². The van der Waals surface area contributed by atoms with Gasteiger partial charge < -0.3 is 10.3 Å². The van der Waals surface area contributed by atoms with Gasteiger partial charge in [-0.3, -0.25) is 4.79 Å². The molecule has 1 amide bonds. The number of hydrogen-bond acceptors (Lipinski definition) is 3. The zero-order valence-corrected chi connectivity index (χ0v) is 13.0. The molecule has 21 heavy (non-hydrogen) atoms. The van der Waals surface area contributed by atoms with Gasteiger partial charge in [-0.05, 0) is 31.2 Å². The highest BCUT2D eigenvalue weighted by Crippen LogP contribution is 2.23. The second-order valence-corrected chi connectivity index (χ2v) is 6.44. The van der Waals surface area contributed by atoms with Crippen LogP contribution in [-0.4, -0.2) is 22.4 Å². The number of benzene rings is 1. The van der Waals surface area contributed by atoms with E-state index in [4.69, 9.17) is 11.6 Å². The molecule has 4 nitrogen and oxygen atoms in total. The Labute approximate surface area is 131 Å². The lowest BCUT2D eigenvalue weighted by Gasteiger charge is -2.04. The number of nitrogens with one attached hydrogen (secondary N) is 2. The van der Waals surface area contributed by atoms with Crippen LogP contribution in [0.25, 0.3) is 10.9 Å². The number of fused-ring (bicyclic) bond motifs is 1. The van der Waals surface area contributed by atoms with E-state index in [0.29, 0.717) is 22.9 Å². The van der Waals surface area contributed by atoms with Crippen LogP contribution in [0.15, 0.2) is 30.5 Å². The number of carbonyl (C=O) groups is 1. The van der Waals surface area contributed by atoms with Crippen molar-refractivity contribution in [3.05, 3.63) is 51.1 Å². The van der Waals surface area contributed by atoms with Crippen LogP contribution < -0.4 is 5.32 Å². The number of rotatable bonds is 4. The van der Waals surface area contributed by atoms with Gasteiger partial charge in [-0.1, -0.05) is 11.6 Å². The quantitative estimate of drug-likeness (QED) is 0.772. The molecule has 0 saturated carbocycles. The van der Waals surface area contributed by atoms with Gasteiger partial charge in [0.1, 0.15) is 4.34 Å². The number of H-pyrrole nitrogens is 1. The lowest BCUT2D eigenvalue weighted by molar-refractivity contribution is 0.0954. The lowest BCUT2D eigenvalue weighted by Crippen LogP contribution is -2.25. The summed E-state index contributed by atoms with van der Waals surface area (Å²) in [6.45, 7) is 2.43. The van der Waals surface area contributed by atoms with Gasteiger partial charge in [0.25, 0.3) is 5.91 Å². The fraction of sp³-hybridized carbons (Fsp3) is 0.200. The van der Waals surface area contributed by atoms with Gasteiger partial charge in [-0.2, -0.15) is 0 Å². The number of aromatic amines is 1. The monoisotopic (exact) mass is 319 g/mol. The number of carbonyl (C=O) groups excluding carboxylic acids is 1. The topological polar surface area (TPSA) is 57.8 Å². The van der Waals surface area contributed by atoms with E-state index in [1.54, 1.807) is 0 Å². The summed E-state index contributed by atoms with van der Waals surface area (Å²) in [4.78, 5) is 19.6. The first-order valence-electron chi connectivity index (χ1n) is 6.60. The number of aryl methyl sites for hydroxylation is 1. The first-order valence-corrected chi connectivity index (χ1v) is 7.80. The van der Waals surface area contributed by atoms with Crippen LogP contribution in [0.4, 0.5) is 0 Å². The van der Waals surface area contributed by atoms with Crippen molar-refractivity contribution >= 4 is 39.7 Å². The van der Waals surface area contributed by atoms with Crippen molar-refractivity contribution in [2.75, 3.05) is 6.54 Å². The minimum Gasteiger partial charge on any atom is -0.361 e. The van der Waals surface area contributed by atoms with Gasteiger partial charge in [0.05, 0.1) is 10.7 Å². The summed E-state index contributed by atoms with van der Waals surface area (Å²) >= 11 is 7.44. The number of nitrogens with zero attached hydrogens (tertiary/aromatic N) is 1. The Morgan fingerprint density at radius 1 is 1.43 bits per heavy atom. The fourth-order valence-corrected chi connectivity index (χ4v) is 3.21. The maximum Gasteiger partial charge on any atom is 0.251 e. The molecule has 0 bridgehead atoms. The van der Waals surface area contributed by atoms with Crippen LogP contribution in [-0.2, 0) is 6.42 Å². The molecule has 0 aliphatic carbocycles. The molecule has 108 valence electrons. The Kier molecular flexibility index (Phi) is 3.94. The SMILES string of the molecule is Cc1nc(CCNC(=O)c2ccc3[nH]ccc3c2)sc1Cl. The summed E-state index contributed by atoms with van der Waals surface area (Å²) in [5.74, 6) is -0.0718. The summed E-state index contributed by atoms with van der Waals surface area (Å²) in [7, 11) is 0. The smallest absolute Gasteiger partial charge is 0.251 e. The van der Waals surface area contributed by atoms with E-state index in [1.165, 1.54) is 11.3 Å². The summed E-state index contributed by atoms with van der Waals surface area (Å²) in [6, 6.07) is 7.56. The van der Waals surface area contributed by atoms with Gasteiger partial charge in [0.15, 0.2) is 0 Å². The molecular weight excluding hydrogens is 306 g/mol. The molecule has 0 saturated heterocycles. The van der Waals surface area contributed by atoms with Gasteiger partial charge in [-0.15, -0.1) is 11.3 Å². The highest BCUT2D eigenvalue weighted by molar-refractivity contribution is 7.16. The minimum absolute atomic E-state index is 0.0718. The van der Waals surface area contributed by atoms with Crippen molar-refractivity contribution in [1.82, 2.24) is 15.3 Å². The first kappa shape index (κ1) is 14.1. The highest BCUT2D eigenvalue weighted by atomic mass is 35.5. The number of thiazole rings is 1. The highest BCUT2D eigenvalue weighted by Gasteiger charge is 2.08. The van der Waals surface area contributed by atoms with Crippen molar-refractivity contribution in [1.29, 1.82) is 0 Å². The largest absolute Gasteiger partial charge is 0.361 e. The zero-order chi connectivity index (χ0) is 14.8. The maximum absolute atomic E-state index is 12.1. The van der Waals surface area contributed by atoms with Crippen LogP contribution in [0.1, 0.15) is 21.1 Å². The third-order valence-electron chi connectivity index (χ3n) is 3.22. The molecule has 3 aromatic rings. The molecule has 1 aromatic carbocycles. The third kappa shape index (κ3) is 3.09. The molecule has 6 heteroatoms. The van der Waals surface area contributed by atoms with E-state index in [-0.39, 0.29) is 5.91 Å². The zero-order valence-electron chi connectivity index (χ0n) is 11.4. The number of aromatic nitrogens is 2. The molecule has 0 unspecified atom stereocenters. The Bertz CT molecular complexity index is 774. The number of halogens is 1. The van der Waals surface area contributed by atoms with E-state index in [2.05, 4.69) is 15.3 Å². The average Bonchev–Trinajstić information content (AvgIpc) is 3.05. The average molecular weight is 320 g/mol. The second kappa shape index (κ2) is 5.87. The third-order valence-corrected chi connectivity index (χ3v) is 4.73. The van der Waals surface area contributed by atoms with Gasteiger partial charge in [-0.25, -0.2) is 4.98 Å². The summed E-state index contributed by atoms with van der Waals surface area (Å²) in [5.41, 5.74) is 2.54. The van der Waals surface area contributed by atoms with Crippen LogP contribution in [0.2, 0.25) is 4.34 Å². The molecule has 0 atom stereocenters. The maximum atomic E-state index is 12.1. The van der Waals surface area contributed by atoms with Gasteiger partial charge in [0.2, 0.25) is 0 Å².